The van der Waals surface area contributed by atoms with E-state index in [-0.39, 0.29) is 0 Å². The number of hydrogen-bond donors (Lipinski definition) is 0. The fraction of sp³-hybridized carbons (Fsp3) is 0.0536. The highest BCUT2D eigenvalue weighted by molar-refractivity contribution is 6.09. The van der Waals surface area contributed by atoms with Crippen molar-refractivity contribution >= 4 is 21.9 Å². The molecule has 2 heteroatoms. The van der Waals surface area contributed by atoms with Gasteiger partial charge in [0.2, 0.25) is 0 Å². The minimum Gasteiger partial charge on any atom is -0.455 e. The van der Waals surface area contributed by atoms with Crippen molar-refractivity contribution < 1.29 is 4.42 Å². The zero-order valence-corrected chi connectivity index (χ0v) is 31.8. The molecule has 272 valence electrons. The number of hydrogen-bond acceptors (Lipinski definition) is 2. The van der Waals surface area contributed by atoms with E-state index in [0.29, 0.717) is 11.8 Å². The van der Waals surface area contributed by atoms with E-state index in [1.165, 1.54) is 62.1 Å². The summed E-state index contributed by atoms with van der Waals surface area (Å²) < 4.78 is 6.48. The van der Waals surface area contributed by atoms with Gasteiger partial charge < -0.3 is 4.42 Å². The molecule has 0 saturated heterocycles. The Kier molecular flexibility index (Phi) is 7.46. The highest BCUT2D eigenvalue weighted by Crippen LogP contribution is 2.63. The molecular weight excluding hydrogens is 703 g/mol. The van der Waals surface area contributed by atoms with E-state index in [4.69, 9.17) is 9.40 Å². The lowest BCUT2D eigenvalue weighted by atomic mass is 9.81. The molecule has 10 aromatic rings. The summed E-state index contributed by atoms with van der Waals surface area (Å²) in [6, 6.07) is 72.3. The Hall–Kier alpha value is -7.29. The molecule has 0 spiro atoms. The van der Waals surface area contributed by atoms with Crippen LogP contribution >= 0.6 is 0 Å². The molecule has 2 nitrogen and oxygen atoms in total. The van der Waals surface area contributed by atoms with E-state index in [1.54, 1.807) is 0 Å². The van der Waals surface area contributed by atoms with Crippen LogP contribution in [0.1, 0.15) is 29.4 Å². The third kappa shape index (κ3) is 5.44. The molecule has 1 fully saturated rings. The Morgan fingerprint density at radius 3 is 1.76 bits per heavy atom. The average molecular weight is 740 g/mol. The van der Waals surface area contributed by atoms with Crippen LogP contribution in [0.4, 0.5) is 0 Å². The van der Waals surface area contributed by atoms with Crippen LogP contribution in [0.5, 0.6) is 0 Å². The first kappa shape index (κ1) is 32.9. The Morgan fingerprint density at radius 2 is 0.931 bits per heavy atom. The minimum absolute atomic E-state index is 0.620. The van der Waals surface area contributed by atoms with Gasteiger partial charge in [0.05, 0.1) is 11.4 Å². The maximum Gasteiger partial charge on any atom is 0.144 e. The van der Waals surface area contributed by atoms with E-state index in [9.17, 15) is 0 Å². The van der Waals surface area contributed by atoms with Crippen LogP contribution in [-0.4, -0.2) is 4.98 Å². The lowest BCUT2D eigenvalue weighted by Crippen LogP contribution is -2.01. The summed E-state index contributed by atoms with van der Waals surface area (Å²) in [5.41, 5.74) is 21.2. The number of pyridine rings is 1. The summed E-state index contributed by atoms with van der Waals surface area (Å²) in [4.78, 5) is 5.24. The normalized spacial score (nSPS) is 15.2. The molecule has 0 N–H and O–H groups in total. The Labute approximate surface area is 337 Å². The average Bonchev–Trinajstić information content (AvgIpc) is 4.02. The third-order valence-electron chi connectivity index (χ3n) is 12.4. The molecule has 12 rings (SSSR count). The van der Waals surface area contributed by atoms with Crippen LogP contribution < -0.4 is 0 Å². The Balaban J connectivity index is 0.893. The second-order valence-electron chi connectivity index (χ2n) is 15.8. The lowest BCUT2D eigenvalue weighted by Gasteiger charge is -2.22. The van der Waals surface area contributed by atoms with Crippen molar-refractivity contribution in [1.29, 1.82) is 0 Å². The van der Waals surface area contributed by atoms with Crippen molar-refractivity contribution in [2.75, 3.05) is 0 Å². The first-order valence-corrected chi connectivity index (χ1v) is 20.3. The van der Waals surface area contributed by atoms with Crippen LogP contribution in [0.2, 0.25) is 0 Å². The van der Waals surface area contributed by atoms with Gasteiger partial charge in [0.15, 0.2) is 0 Å². The van der Waals surface area contributed by atoms with Crippen molar-refractivity contribution in [3.8, 4) is 78.1 Å². The van der Waals surface area contributed by atoms with Crippen LogP contribution in [0.25, 0.3) is 100 Å². The fourth-order valence-electron chi connectivity index (χ4n) is 9.52. The standard InChI is InChI=1S/C56H37NO/c1-2-12-37(13-3-1)52-32-42(33-53(57-52)49-24-11-23-48-46-20-6-7-25-54(46)58-56(48)49)40-16-8-14-38(30-40)35-26-28-36(29-27-35)39-15-9-17-41(31-39)43-21-10-22-47-44-18-4-5-19-45(44)50-34-51(50)55(43)47/h1-33,50-51H,34H2. The largest absolute Gasteiger partial charge is 0.455 e. The zero-order valence-electron chi connectivity index (χ0n) is 31.8. The second kappa shape index (κ2) is 13.1. The molecule has 0 aliphatic heterocycles. The van der Waals surface area contributed by atoms with Gasteiger partial charge in [0, 0.05) is 21.9 Å². The van der Waals surface area contributed by atoms with Gasteiger partial charge in [0.25, 0.3) is 0 Å². The predicted octanol–water partition coefficient (Wildman–Crippen LogP) is 15.2. The summed E-state index contributed by atoms with van der Waals surface area (Å²) in [7, 11) is 0. The SMILES string of the molecule is c1ccc(-c2cc(-c3cccc(-c4ccc(-c5cccc(-c6cccc7c6C6CC6c6ccccc6-7)c5)cc4)c3)cc(-c3cccc4c3oc3ccccc34)n2)cc1. The maximum absolute atomic E-state index is 6.48. The number of para-hydroxylation sites is 2. The highest BCUT2D eigenvalue weighted by atomic mass is 16.3. The molecule has 2 atom stereocenters. The van der Waals surface area contributed by atoms with Gasteiger partial charge in [-0.05, 0) is 121 Å². The maximum atomic E-state index is 6.48. The van der Waals surface area contributed by atoms with Crippen LogP contribution in [0, 0.1) is 0 Å². The fourth-order valence-corrected chi connectivity index (χ4v) is 9.52. The smallest absolute Gasteiger partial charge is 0.144 e. The molecule has 2 unspecified atom stereocenters. The molecule has 2 aliphatic carbocycles. The molecule has 0 amide bonds. The van der Waals surface area contributed by atoms with Gasteiger partial charge >= 0.3 is 0 Å². The van der Waals surface area contributed by atoms with Crippen LogP contribution in [0.3, 0.4) is 0 Å². The van der Waals surface area contributed by atoms with Crippen molar-refractivity contribution in [3.05, 3.63) is 211 Å². The molecule has 2 aromatic heterocycles. The van der Waals surface area contributed by atoms with E-state index >= 15 is 0 Å². The zero-order chi connectivity index (χ0) is 38.2. The van der Waals surface area contributed by atoms with Crippen LogP contribution in [-0.2, 0) is 0 Å². The number of aromatic nitrogens is 1. The van der Waals surface area contributed by atoms with Gasteiger partial charge in [-0.25, -0.2) is 4.98 Å². The summed E-state index contributed by atoms with van der Waals surface area (Å²) in [5, 5.41) is 2.21. The van der Waals surface area contributed by atoms with Gasteiger partial charge in [-0.3, -0.25) is 0 Å². The Morgan fingerprint density at radius 1 is 0.362 bits per heavy atom. The third-order valence-corrected chi connectivity index (χ3v) is 12.4. The van der Waals surface area contributed by atoms with Crippen molar-refractivity contribution in [1.82, 2.24) is 4.98 Å². The van der Waals surface area contributed by atoms with E-state index in [2.05, 4.69) is 182 Å². The molecule has 0 radical (unpaired) electrons. The summed E-state index contributed by atoms with van der Waals surface area (Å²) in [6.07, 6.45) is 1.25. The molecule has 8 aromatic carbocycles. The van der Waals surface area contributed by atoms with Gasteiger partial charge in [-0.2, -0.15) is 0 Å². The number of benzene rings is 8. The number of furan rings is 1. The monoisotopic (exact) mass is 739 g/mol. The Bertz CT molecular complexity index is 3210. The predicted molar refractivity (Wildman–Crippen MR) is 240 cm³/mol. The van der Waals surface area contributed by atoms with Crippen molar-refractivity contribution in [3.63, 3.8) is 0 Å². The van der Waals surface area contributed by atoms with Crippen LogP contribution in [0.15, 0.2) is 205 Å². The molecular formula is C56H37NO. The highest BCUT2D eigenvalue weighted by Gasteiger charge is 2.46. The van der Waals surface area contributed by atoms with E-state index in [1.807, 2.05) is 18.2 Å². The molecule has 2 aliphatic rings. The topological polar surface area (TPSA) is 26.0 Å². The van der Waals surface area contributed by atoms with Gasteiger partial charge in [-0.15, -0.1) is 0 Å². The number of rotatable bonds is 6. The molecule has 1 saturated carbocycles. The number of fused-ring (bicyclic) bond motifs is 9. The quantitative estimate of drug-likeness (QED) is 0.170. The first-order valence-electron chi connectivity index (χ1n) is 20.3. The molecule has 58 heavy (non-hydrogen) atoms. The lowest BCUT2D eigenvalue weighted by molar-refractivity contribution is 0.670. The van der Waals surface area contributed by atoms with Gasteiger partial charge in [-0.1, -0.05) is 164 Å². The minimum atomic E-state index is 0.620. The van der Waals surface area contributed by atoms with E-state index < -0.39 is 0 Å². The second-order valence-corrected chi connectivity index (χ2v) is 15.8. The molecule has 2 heterocycles. The van der Waals surface area contributed by atoms with E-state index in [0.717, 1.165) is 55.6 Å². The number of nitrogens with zero attached hydrogens (tertiary/aromatic N) is 1. The molecule has 0 bridgehead atoms. The summed E-state index contributed by atoms with van der Waals surface area (Å²) in [5.74, 6) is 1.28. The van der Waals surface area contributed by atoms with Crippen molar-refractivity contribution in [2.24, 2.45) is 0 Å². The summed E-state index contributed by atoms with van der Waals surface area (Å²) in [6.45, 7) is 0. The van der Waals surface area contributed by atoms with Crippen molar-refractivity contribution in [2.45, 2.75) is 18.3 Å². The first-order chi connectivity index (χ1) is 28.7. The van der Waals surface area contributed by atoms with Gasteiger partial charge in [0.1, 0.15) is 11.2 Å². The summed E-state index contributed by atoms with van der Waals surface area (Å²) >= 11 is 0.